The van der Waals surface area contributed by atoms with Gasteiger partial charge in [-0.25, -0.2) is 0 Å². The second-order valence-electron chi connectivity index (χ2n) is 4.69. The molecule has 0 radical (unpaired) electrons. The minimum atomic E-state index is -0.239. The van der Waals surface area contributed by atoms with Gasteiger partial charge in [0, 0.05) is 17.2 Å². The van der Waals surface area contributed by atoms with Gasteiger partial charge in [-0.1, -0.05) is 30.3 Å². The van der Waals surface area contributed by atoms with Gasteiger partial charge in [0.1, 0.15) is 0 Å². The Morgan fingerprint density at radius 2 is 2.12 bits per heavy atom. The molecule has 3 rings (SSSR count). The highest BCUT2D eigenvalue weighted by atomic mass is 32.1. The van der Waals surface area contributed by atoms with E-state index >= 15 is 0 Å². The van der Waals surface area contributed by atoms with Crippen LogP contribution < -0.4 is 0 Å². The fourth-order valence-electron chi connectivity index (χ4n) is 2.77. The molecule has 1 aliphatic rings. The molecule has 0 saturated carbocycles. The molecule has 1 aliphatic carbocycles. The maximum atomic E-state index is 10.4. The van der Waals surface area contributed by atoms with Crippen LogP contribution in [-0.2, 0) is 12.8 Å². The molecule has 1 heterocycles. The van der Waals surface area contributed by atoms with E-state index in [0.717, 1.165) is 19.3 Å². The summed E-state index contributed by atoms with van der Waals surface area (Å²) in [4.78, 5) is 1.28. The first-order chi connectivity index (χ1) is 8.34. The van der Waals surface area contributed by atoms with Crippen LogP contribution in [0.2, 0.25) is 0 Å². The molecule has 0 aliphatic heterocycles. The largest absolute Gasteiger partial charge is 0.392 e. The second-order valence-corrected chi connectivity index (χ2v) is 5.73. The highest BCUT2D eigenvalue weighted by molar-refractivity contribution is 7.09. The van der Waals surface area contributed by atoms with Crippen LogP contribution in [0.15, 0.2) is 41.8 Å². The zero-order chi connectivity index (χ0) is 11.7. The predicted octanol–water partition coefficient (Wildman–Crippen LogP) is 3.38. The average molecular weight is 244 g/mol. The Morgan fingerprint density at radius 1 is 1.24 bits per heavy atom. The second kappa shape index (κ2) is 4.63. The van der Waals surface area contributed by atoms with Crippen molar-refractivity contribution in [2.45, 2.75) is 31.3 Å². The quantitative estimate of drug-likeness (QED) is 0.877. The Labute approximate surface area is 106 Å². The minimum Gasteiger partial charge on any atom is -0.392 e. The van der Waals surface area contributed by atoms with E-state index < -0.39 is 0 Å². The van der Waals surface area contributed by atoms with E-state index in [1.165, 1.54) is 16.0 Å². The Hall–Kier alpha value is -1.12. The van der Waals surface area contributed by atoms with Crippen LogP contribution in [0, 0.1) is 0 Å². The first-order valence-electron chi connectivity index (χ1n) is 6.13. The summed E-state index contributed by atoms with van der Waals surface area (Å²) in [6.07, 6.45) is 2.75. The topological polar surface area (TPSA) is 20.2 Å². The third-order valence-corrected chi connectivity index (χ3v) is 4.53. The molecule has 88 valence electrons. The normalized spacial score (nSPS) is 20.2. The molecule has 0 fully saturated rings. The molecule has 2 heteroatoms. The van der Waals surface area contributed by atoms with Crippen LogP contribution >= 0.6 is 11.3 Å². The summed E-state index contributed by atoms with van der Waals surface area (Å²) in [5.41, 5.74) is 2.78. The van der Waals surface area contributed by atoms with E-state index in [4.69, 9.17) is 0 Å². The van der Waals surface area contributed by atoms with E-state index in [-0.39, 0.29) is 6.10 Å². The van der Waals surface area contributed by atoms with Crippen molar-refractivity contribution in [3.8, 4) is 0 Å². The Bertz CT molecular complexity index is 489. The smallest absolute Gasteiger partial charge is 0.0657 e. The van der Waals surface area contributed by atoms with Gasteiger partial charge in [0.2, 0.25) is 0 Å². The molecule has 2 aromatic rings. The molecule has 0 spiro atoms. The molecule has 0 amide bonds. The maximum absolute atomic E-state index is 10.4. The van der Waals surface area contributed by atoms with Crippen LogP contribution in [0.5, 0.6) is 0 Å². The van der Waals surface area contributed by atoms with Crippen molar-refractivity contribution in [3.63, 3.8) is 0 Å². The standard InChI is InChI=1S/C15H16OS/c16-15(10-12-5-3-9-17-12)14-8-7-11-4-1-2-6-13(11)14/h1-6,9,14-16H,7-8,10H2. The number of hydrogen-bond donors (Lipinski definition) is 1. The monoisotopic (exact) mass is 244 g/mol. The first kappa shape index (κ1) is 11.0. The summed E-state index contributed by atoms with van der Waals surface area (Å²) >= 11 is 1.73. The van der Waals surface area contributed by atoms with Gasteiger partial charge in [-0.05, 0) is 35.4 Å². The third-order valence-electron chi connectivity index (χ3n) is 3.63. The molecule has 1 N–H and O–H groups in total. The molecule has 1 aromatic carbocycles. The van der Waals surface area contributed by atoms with E-state index in [2.05, 4.69) is 41.8 Å². The number of thiophene rings is 1. The van der Waals surface area contributed by atoms with E-state index in [1.54, 1.807) is 11.3 Å². The fraction of sp³-hybridized carbons (Fsp3) is 0.333. The van der Waals surface area contributed by atoms with E-state index in [1.807, 2.05) is 0 Å². The lowest BCUT2D eigenvalue weighted by Gasteiger charge is -2.18. The number of benzene rings is 1. The molecule has 2 atom stereocenters. The van der Waals surface area contributed by atoms with Crippen molar-refractivity contribution in [1.29, 1.82) is 0 Å². The molecular formula is C15H16OS. The van der Waals surface area contributed by atoms with Crippen molar-refractivity contribution >= 4 is 11.3 Å². The number of aryl methyl sites for hydroxylation is 1. The summed E-state index contributed by atoms with van der Waals surface area (Å²) in [6, 6.07) is 12.7. The lowest BCUT2D eigenvalue weighted by molar-refractivity contribution is 0.144. The van der Waals surface area contributed by atoms with Crippen molar-refractivity contribution in [2.24, 2.45) is 0 Å². The van der Waals surface area contributed by atoms with Crippen molar-refractivity contribution in [2.75, 3.05) is 0 Å². The maximum Gasteiger partial charge on any atom is 0.0657 e. The van der Waals surface area contributed by atoms with Gasteiger partial charge in [-0.2, -0.15) is 0 Å². The van der Waals surface area contributed by atoms with Gasteiger partial charge in [-0.3, -0.25) is 0 Å². The lowest BCUT2D eigenvalue weighted by Crippen LogP contribution is -2.18. The number of fused-ring (bicyclic) bond motifs is 1. The SMILES string of the molecule is OC(Cc1cccs1)C1CCc2ccccc21. The predicted molar refractivity (Wildman–Crippen MR) is 71.5 cm³/mol. The number of rotatable bonds is 3. The number of aliphatic hydroxyl groups excluding tert-OH is 1. The van der Waals surface area contributed by atoms with Crippen LogP contribution in [0.25, 0.3) is 0 Å². The first-order valence-corrected chi connectivity index (χ1v) is 7.01. The Morgan fingerprint density at radius 3 is 2.94 bits per heavy atom. The zero-order valence-electron chi connectivity index (χ0n) is 9.67. The van der Waals surface area contributed by atoms with Gasteiger partial charge in [0.05, 0.1) is 6.10 Å². The molecule has 0 saturated heterocycles. The van der Waals surface area contributed by atoms with Gasteiger partial charge in [0.15, 0.2) is 0 Å². The molecule has 0 bridgehead atoms. The minimum absolute atomic E-state index is 0.239. The Kier molecular flexibility index (Phi) is 3.00. The van der Waals surface area contributed by atoms with E-state index in [0.29, 0.717) is 5.92 Å². The Balaban J connectivity index is 1.78. The summed E-state index contributed by atoms with van der Waals surface area (Å²) in [7, 11) is 0. The van der Waals surface area contributed by atoms with E-state index in [9.17, 15) is 5.11 Å². The van der Waals surface area contributed by atoms with Gasteiger partial charge in [0.25, 0.3) is 0 Å². The average Bonchev–Trinajstić information content (AvgIpc) is 2.96. The summed E-state index contributed by atoms with van der Waals surface area (Å²) in [6.45, 7) is 0. The lowest BCUT2D eigenvalue weighted by atomic mass is 9.93. The van der Waals surface area contributed by atoms with Crippen LogP contribution in [0.1, 0.15) is 28.3 Å². The summed E-state index contributed by atoms with van der Waals surface area (Å²) < 4.78 is 0. The van der Waals surface area contributed by atoms with Gasteiger partial charge < -0.3 is 5.11 Å². The summed E-state index contributed by atoms with van der Waals surface area (Å²) in [5.74, 6) is 0.327. The van der Waals surface area contributed by atoms with Gasteiger partial charge >= 0.3 is 0 Å². The number of hydrogen-bond acceptors (Lipinski definition) is 2. The highest BCUT2D eigenvalue weighted by Gasteiger charge is 2.28. The molecule has 2 unspecified atom stereocenters. The van der Waals surface area contributed by atoms with Crippen molar-refractivity contribution in [1.82, 2.24) is 0 Å². The van der Waals surface area contributed by atoms with Crippen LogP contribution in [-0.4, -0.2) is 11.2 Å². The third kappa shape index (κ3) is 2.15. The van der Waals surface area contributed by atoms with Crippen molar-refractivity contribution in [3.05, 3.63) is 57.8 Å². The van der Waals surface area contributed by atoms with Crippen LogP contribution in [0.4, 0.5) is 0 Å². The zero-order valence-corrected chi connectivity index (χ0v) is 10.5. The van der Waals surface area contributed by atoms with Crippen molar-refractivity contribution < 1.29 is 5.11 Å². The summed E-state index contributed by atoms with van der Waals surface area (Å²) in [5, 5.41) is 12.4. The van der Waals surface area contributed by atoms with Crippen LogP contribution in [0.3, 0.4) is 0 Å². The fourth-order valence-corrected chi connectivity index (χ4v) is 3.52. The molecule has 1 aromatic heterocycles. The molecular weight excluding hydrogens is 228 g/mol. The molecule has 1 nitrogen and oxygen atoms in total. The molecule has 17 heavy (non-hydrogen) atoms. The van der Waals surface area contributed by atoms with Gasteiger partial charge in [-0.15, -0.1) is 11.3 Å². The number of aliphatic hydroxyl groups is 1. The highest BCUT2D eigenvalue weighted by Crippen LogP contribution is 2.36.